The number of carboxylic acids is 2. The van der Waals surface area contributed by atoms with Crippen LogP contribution in [0, 0.1) is 21.4 Å². The molecule has 356 valence electrons. The number of amides is 4. The fourth-order valence-electron chi connectivity index (χ4n) is 4.52. The molecule has 4 amide bonds. The summed E-state index contributed by atoms with van der Waals surface area (Å²) in [6, 6.07) is 0. The van der Waals surface area contributed by atoms with Gasteiger partial charge in [-0.25, -0.2) is 0 Å². The number of aliphatic carboxylic acids is 2. The topological polar surface area (TPSA) is 359 Å². The third kappa shape index (κ3) is 20.0. The van der Waals surface area contributed by atoms with Gasteiger partial charge in [-0.05, 0) is 136 Å². The van der Waals surface area contributed by atoms with Gasteiger partial charge < -0.3 is 82.1 Å². The largest absolute Gasteiger partial charge is 0.481 e. The highest BCUT2D eigenvalue weighted by atomic mass is 127. The Hall–Kier alpha value is -1.08. The van der Waals surface area contributed by atoms with Gasteiger partial charge in [-0.3, -0.25) is 28.8 Å². The second kappa shape index (κ2) is 32.6. The molecule has 0 fully saturated rings. The molecule has 0 spiro atoms. The van der Waals surface area contributed by atoms with Crippen molar-refractivity contribution in [2.75, 3.05) is 104 Å². The van der Waals surface area contributed by atoms with E-state index in [4.69, 9.17) is 40.9 Å². The molecule has 2 aromatic rings. The second-order valence-electron chi connectivity index (χ2n) is 12.4. The van der Waals surface area contributed by atoms with Crippen LogP contribution in [-0.4, -0.2) is 202 Å². The lowest BCUT2D eigenvalue weighted by Gasteiger charge is -2.23. The van der Waals surface area contributed by atoms with Gasteiger partial charge >= 0.3 is 11.9 Å². The summed E-state index contributed by atoms with van der Waals surface area (Å²) in [6.07, 6.45) is -2.99. The third-order valence-corrected chi connectivity index (χ3v) is 14.1. The van der Waals surface area contributed by atoms with Crippen molar-refractivity contribution in [3.8, 4) is 0 Å². The highest BCUT2D eigenvalue weighted by molar-refractivity contribution is 14.1. The molecule has 2 aromatic carbocycles. The summed E-state index contributed by atoms with van der Waals surface area (Å²) in [6.45, 7) is -1.15. The number of hydrogen-bond acceptors (Lipinski definition) is 16. The number of carbonyl (C=O) groups excluding carboxylic acids is 4. The van der Waals surface area contributed by atoms with Crippen molar-refractivity contribution in [3.63, 3.8) is 0 Å². The number of hydrogen-bond donors (Lipinski definition) is 14. The van der Waals surface area contributed by atoms with Crippen LogP contribution < -0.4 is 21.3 Å². The SMILES string of the molecule is CN(CCO)C(=O)c1c(I)c(NCCO)c(I)c(C(=O)NCC(O)CO)c1I.CN(CCO)C(=O)c1c(I)c(NCCO)c(I)c(C(=O)NCC(O)CO)c1I.O=C(O)CC(=O)O. The summed E-state index contributed by atoms with van der Waals surface area (Å²) in [5.74, 6) is -4.32. The Labute approximate surface area is 443 Å². The van der Waals surface area contributed by atoms with Gasteiger partial charge in [0.05, 0.1) is 99.8 Å². The Bertz CT molecular complexity index is 1770. The van der Waals surface area contributed by atoms with E-state index in [1.54, 1.807) is 14.1 Å². The Morgan fingerprint density at radius 2 is 0.810 bits per heavy atom. The smallest absolute Gasteiger partial charge is 0.314 e. The molecule has 2 unspecified atom stereocenters. The number of carboxylic acid groups (broad SMARTS) is 2. The number of carbonyl (C=O) groups is 6. The van der Waals surface area contributed by atoms with Gasteiger partial charge in [0.25, 0.3) is 23.6 Å². The average Bonchev–Trinajstić information content (AvgIpc) is 3.21. The second-order valence-corrected chi connectivity index (χ2v) is 18.9. The number of likely N-dealkylation sites (N-methyl/N-ethyl adjacent to an activating group) is 2. The van der Waals surface area contributed by atoms with Gasteiger partial charge in [0, 0.05) is 60.5 Å². The molecular weight excluding hydrogens is 1520 g/mol. The zero-order valence-electron chi connectivity index (χ0n) is 33.4. The molecule has 0 aliphatic heterocycles. The minimum Gasteiger partial charge on any atom is -0.481 e. The number of nitrogens with zero attached hydrogens (tertiary/aromatic N) is 2. The lowest BCUT2D eigenvalue weighted by molar-refractivity contribution is -0.147. The summed E-state index contributed by atoms with van der Waals surface area (Å²) >= 11 is 11.9. The highest BCUT2D eigenvalue weighted by Gasteiger charge is 2.31. The zero-order valence-corrected chi connectivity index (χ0v) is 46.4. The van der Waals surface area contributed by atoms with Crippen LogP contribution >= 0.6 is 136 Å². The van der Waals surface area contributed by atoms with E-state index in [9.17, 15) is 39.0 Å². The van der Waals surface area contributed by atoms with Crippen LogP contribution in [0.1, 0.15) is 47.9 Å². The normalized spacial score (nSPS) is 11.4. The number of nitrogens with one attached hydrogen (secondary N) is 4. The van der Waals surface area contributed by atoms with Crippen molar-refractivity contribution < 1.29 is 79.8 Å². The minimum absolute atomic E-state index is 0.129. The Balaban J connectivity index is 0.00000106. The molecule has 0 aliphatic rings. The molecule has 2 rings (SSSR count). The lowest BCUT2D eigenvalue weighted by atomic mass is 10.1. The minimum atomic E-state index is -1.31. The van der Waals surface area contributed by atoms with Gasteiger partial charge in [-0.1, -0.05) is 0 Å². The Kier molecular flexibility index (Phi) is 32.0. The number of anilines is 2. The fraction of sp³-hybridized carbons (Fsp3) is 0.486. The van der Waals surface area contributed by atoms with E-state index in [1.807, 2.05) is 136 Å². The van der Waals surface area contributed by atoms with Crippen molar-refractivity contribution in [3.05, 3.63) is 43.7 Å². The number of aliphatic hydroxyl groups excluding tert-OH is 8. The molecule has 0 aromatic heterocycles. The van der Waals surface area contributed by atoms with Gasteiger partial charge in [-0.2, -0.15) is 0 Å². The van der Waals surface area contributed by atoms with Crippen molar-refractivity contribution in [1.29, 1.82) is 0 Å². The van der Waals surface area contributed by atoms with E-state index in [0.717, 1.165) is 0 Å². The molecule has 2 atom stereocenters. The Morgan fingerprint density at radius 1 is 0.508 bits per heavy atom. The van der Waals surface area contributed by atoms with E-state index in [-0.39, 0.29) is 88.6 Å². The van der Waals surface area contributed by atoms with Crippen molar-refractivity contribution >= 4 is 182 Å². The molecule has 14 N–H and O–H groups in total. The summed E-state index contributed by atoms with van der Waals surface area (Å²) in [5, 5.41) is 100.0. The van der Waals surface area contributed by atoms with Crippen molar-refractivity contribution in [1.82, 2.24) is 20.4 Å². The van der Waals surface area contributed by atoms with Gasteiger partial charge in [0.2, 0.25) is 0 Å². The molecule has 28 heteroatoms. The van der Waals surface area contributed by atoms with Crippen LogP contribution in [0.3, 0.4) is 0 Å². The van der Waals surface area contributed by atoms with Crippen molar-refractivity contribution in [2.24, 2.45) is 0 Å². The van der Waals surface area contributed by atoms with Crippen LogP contribution in [0.25, 0.3) is 0 Å². The third-order valence-electron chi connectivity index (χ3n) is 7.63. The first-order valence-corrected chi connectivity index (χ1v) is 24.4. The summed E-state index contributed by atoms with van der Waals surface area (Å²) in [7, 11) is 3.11. The highest BCUT2D eigenvalue weighted by Crippen LogP contribution is 2.37. The van der Waals surface area contributed by atoms with E-state index in [2.05, 4.69) is 21.3 Å². The van der Waals surface area contributed by atoms with E-state index >= 15 is 0 Å². The predicted octanol–water partition coefficient (Wildman–Crippen LogP) is -0.350. The fourth-order valence-corrected chi connectivity index (χ4v) is 13.5. The molecule has 0 saturated heterocycles. The molecular formula is C35H48I6N6O16. The van der Waals surface area contributed by atoms with Gasteiger partial charge in [-0.15, -0.1) is 0 Å². The van der Waals surface area contributed by atoms with Crippen LogP contribution in [0.5, 0.6) is 0 Å². The number of halogens is 6. The first kappa shape index (κ1) is 61.9. The maximum Gasteiger partial charge on any atom is 0.314 e. The molecule has 0 heterocycles. The van der Waals surface area contributed by atoms with Crippen LogP contribution in [0.15, 0.2) is 0 Å². The van der Waals surface area contributed by atoms with Crippen LogP contribution in [0.4, 0.5) is 11.4 Å². The van der Waals surface area contributed by atoms with Crippen LogP contribution in [0.2, 0.25) is 0 Å². The number of rotatable bonds is 22. The average molecular weight is 1570 g/mol. The van der Waals surface area contributed by atoms with Crippen molar-refractivity contribution in [2.45, 2.75) is 18.6 Å². The molecule has 63 heavy (non-hydrogen) atoms. The molecule has 0 saturated carbocycles. The molecule has 0 radical (unpaired) electrons. The lowest BCUT2D eigenvalue weighted by Crippen LogP contribution is -2.36. The maximum absolute atomic E-state index is 12.9. The predicted molar refractivity (Wildman–Crippen MR) is 279 cm³/mol. The first-order chi connectivity index (χ1) is 29.5. The number of benzene rings is 2. The quantitative estimate of drug-likeness (QED) is 0.0529. The first-order valence-electron chi connectivity index (χ1n) is 17.9. The Morgan fingerprint density at radius 3 is 1.05 bits per heavy atom. The molecule has 0 aliphatic carbocycles. The van der Waals surface area contributed by atoms with E-state index in [0.29, 0.717) is 43.9 Å². The standard InChI is InChI=1S/2C16H22I3N3O6.C3H4O4/c2*1-22(3-5-24)16(28)10-11(17)9(15(27)21-6-8(26)7-25)12(18)14(13(10)19)20-2-4-23;4-2(5)1-3(6)7/h2*8,20,23-26H,2-7H2,1H3,(H,21,27);1H2,(H,4,5)(H,6,7). The summed E-state index contributed by atoms with van der Waals surface area (Å²) < 4.78 is 3.20. The monoisotopic (exact) mass is 1570 g/mol. The van der Waals surface area contributed by atoms with Gasteiger partial charge in [0.1, 0.15) is 6.42 Å². The zero-order chi connectivity index (χ0) is 48.7. The maximum atomic E-state index is 12.9. The molecule has 0 bridgehead atoms. The summed E-state index contributed by atoms with van der Waals surface area (Å²) in [4.78, 5) is 72.9. The van der Waals surface area contributed by atoms with E-state index in [1.165, 1.54) is 9.80 Å². The van der Waals surface area contributed by atoms with E-state index < -0.39 is 55.6 Å². The summed E-state index contributed by atoms with van der Waals surface area (Å²) in [5.41, 5.74) is 2.23. The van der Waals surface area contributed by atoms with Gasteiger partial charge in [0.15, 0.2) is 0 Å². The van der Waals surface area contributed by atoms with Crippen LogP contribution in [-0.2, 0) is 9.59 Å². The molecule has 22 nitrogen and oxygen atoms in total. The number of aliphatic hydroxyl groups is 8.